The molecule has 0 bridgehead atoms. The zero-order valence-electron chi connectivity index (χ0n) is 6.75. The molecule has 0 aromatic carbocycles. The smallest absolute Gasteiger partial charge is 0.00489 e. The SMILES string of the molecule is C/C(N)=C/C=C1/C=CC=CC1. The Labute approximate surface area is 67.6 Å². The van der Waals surface area contributed by atoms with Crippen LogP contribution < -0.4 is 5.73 Å². The highest BCUT2D eigenvalue weighted by Gasteiger charge is 1.90. The fourth-order valence-electron chi connectivity index (χ4n) is 0.892. The summed E-state index contributed by atoms with van der Waals surface area (Å²) in [6, 6.07) is 0. The van der Waals surface area contributed by atoms with E-state index in [9.17, 15) is 0 Å². The van der Waals surface area contributed by atoms with Crippen molar-refractivity contribution in [2.75, 3.05) is 0 Å². The van der Waals surface area contributed by atoms with Gasteiger partial charge in [0.1, 0.15) is 0 Å². The Morgan fingerprint density at radius 1 is 1.55 bits per heavy atom. The molecule has 1 aliphatic rings. The first-order chi connectivity index (χ1) is 5.29. The van der Waals surface area contributed by atoms with Crippen LogP contribution in [0.25, 0.3) is 0 Å². The van der Waals surface area contributed by atoms with Crippen molar-refractivity contribution in [1.82, 2.24) is 0 Å². The van der Waals surface area contributed by atoms with E-state index in [1.807, 2.05) is 19.1 Å². The van der Waals surface area contributed by atoms with Crippen molar-refractivity contribution in [3.63, 3.8) is 0 Å². The number of nitrogens with two attached hydrogens (primary N) is 1. The van der Waals surface area contributed by atoms with Crippen LogP contribution >= 0.6 is 0 Å². The highest BCUT2D eigenvalue weighted by Crippen LogP contribution is 2.09. The first-order valence-electron chi connectivity index (χ1n) is 3.75. The van der Waals surface area contributed by atoms with Gasteiger partial charge >= 0.3 is 0 Å². The summed E-state index contributed by atoms with van der Waals surface area (Å²) in [5, 5.41) is 0. The molecule has 0 fully saturated rings. The molecular weight excluding hydrogens is 134 g/mol. The third-order valence-electron chi connectivity index (χ3n) is 1.47. The van der Waals surface area contributed by atoms with Crippen LogP contribution in [0.4, 0.5) is 0 Å². The van der Waals surface area contributed by atoms with Gasteiger partial charge in [0.2, 0.25) is 0 Å². The van der Waals surface area contributed by atoms with Crippen LogP contribution in [0.2, 0.25) is 0 Å². The highest BCUT2D eigenvalue weighted by molar-refractivity contribution is 5.32. The summed E-state index contributed by atoms with van der Waals surface area (Å²) < 4.78 is 0. The van der Waals surface area contributed by atoms with Crippen molar-refractivity contribution in [3.8, 4) is 0 Å². The van der Waals surface area contributed by atoms with Gasteiger partial charge in [0.05, 0.1) is 0 Å². The van der Waals surface area contributed by atoms with Crippen LogP contribution in [-0.2, 0) is 0 Å². The quantitative estimate of drug-likeness (QED) is 0.605. The zero-order chi connectivity index (χ0) is 8.10. The van der Waals surface area contributed by atoms with E-state index in [0.717, 1.165) is 12.1 Å². The van der Waals surface area contributed by atoms with Gasteiger partial charge in [0.25, 0.3) is 0 Å². The average molecular weight is 147 g/mol. The van der Waals surface area contributed by atoms with Crippen molar-refractivity contribution < 1.29 is 0 Å². The molecule has 1 rings (SSSR count). The lowest BCUT2D eigenvalue weighted by molar-refractivity contribution is 1.25. The van der Waals surface area contributed by atoms with Gasteiger partial charge in [-0.15, -0.1) is 0 Å². The summed E-state index contributed by atoms with van der Waals surface area (Å²) in [6.45, 7) is 1.89. The minimum Gasteiger partial charge on any atom is -0.402 e. The first kappa shape index (κ1) is 7.86. The largest absolute Gasteiger partial charge is 0.402 e. The minimum absolute atomic E-state index is 0.848. The second-order valence-corrected chi connectivity index (χ2v) is 2.64. The fraction of sp³-hybridized carbons (Fsp3) is 0.200. The van der Waals surface area contributed by atoms with Crippen LogP contribution in [0, 0.1) is 0 Å². The third-order valence-corrected chi connectivity index (χ3v) is 1.47. The maximum absolute atomic E-state index is 5.48. The molecule has 0 saturated carbocycles. The number of rotatable bonds is 1. The lowest BCUT2D eigenvalue weighted by Crippen LogP contribution is -1.88. The number of hydrogen-bond donors (Lipinski definition) is 1. The van der Waals surface area contributed by atoms with E-state index >= 15 is 0 Å². The maximum Gasteiger partial charge on any atom is 0.00489 e. The van der Waals surface area contributed by atoms with E-state index in [2.05, 4.69) is 24.3 Å². The Kier molecular flexibility index (Phi) is 2.73. The Morgan fingerprint density at radius 3 is 2.91 bits per heavy atom. The lowest BCUT2D eigenvalue weighted by atomic mass is 10.1. The summed E-state index contributed by atoms with van der Waals surface area (Å²) in [6.07, 6.45) is 13.3. The average Bonchev–Trinajstić information content (AvgIpc) is 2.03. The molecule has 0 unspecified atom stereocenters. The van der Waals surface area contributed by atoms with E-state index in [4.69, 9.17) is 5.73 Å². The van der Waals surface area contributed by atoms with E-state index in [0.29, 0.717) is 0 Å². The molecule has 0 saturated heterocycles. The van der Waals surface area contributed by atoms with Crippen LogP contribution in [0.5, 0.6) is 0 Å². The molecule has 0 aromatic heterocycles. The van der Waals surface area contributed by atoms with Gasteiger partial charge in [-0.25, -0.2) is 0 Å². The number of allylic oxidation sites excluding steroid dienone is 8. The Hall–Kier alpha value is -1.24. The van der Waals surface area contributed by atoms with E-state index in [1.54, 1.807) is 0 Å². The Bertz CT molecular complexity index is 238. The maximum atomic E-state index is 5.48. The molecule has 0 radical (unpaired) electrons. The van der Waals surface area contributed by atoms with E-state index in [-0.39, 0.29) is 0 Å². The first-order valence-corrected chi connectivity index (χ1v) is 3.75. The monoisotopic (exact) mass is 147 g/mol. The van der Waals surface area contributed by atoms with Crippen molar-refractivity contribution in [2.24, 2.45) is 5.73 Å². The molecule has 58 valence electrons. The van der Waals surface area contributed by atoms with Crippen molar-refractivity contribution >= 4 is 0 Å². The van der Waals surface area contributed by atoms with Crippen LogP contribution in [0.1, 0.15) is 13.3 Å². The summed E-state index contributed by atoms with van der Waals surface area (Å²) in [5.74, 6) is 0. The van der Waals surface area contributed by atoms with Crippen LogP contribution in [0.15, 0.2) is 47.7 Å². The van der Waals surface area contributed by atoms with Gasteiger partial charge in [0, 0.05) is 5.70 Å². The summed E-state index contributed by atoms with van der Waals surface area (Å²) in [4.78, 5) is 0. The van der Waals surface area contributed by atoms with Gasteiger partial charge in [-0.05, 0) is 25.0 Å². The number of hydrogen-bond acceptors (Lipinski definition) is 1. The Balaban J connectivity index is 2.61. The molecule has 0 amide bonds. The predicted octanol–water partition coefficient (Wildman–Crippen LogP) is 2.29. The second-order valence-electron chi connectivity index (χ2n) is 2.64. The molecule has 0 atom stereocenters. The summed E-state index contributed by atoms with van der Waals surface area (Å²) in [7, 11) is 0. The molecule has 1 nitrogen and oxygen atoms in total. The van der Waals surface area contributed by atoms with E-state index in [1.165, 1.54) is 5.57 Å². The van der Waals surface area contributed by atoms with Gasteiger partial charge in [-0.1, -0.05) is 30.4 Å². The zero-order valence-corrected chi connectivity index (χ0v) is 6.75. The molecule has 11 heavy (non-hydrogen) atoms. The molecular formula is C10H13N. The van der Waals surface area contributed by atoms with Crippen molar-refractivity contribution in [2.45, 2.75) is 13.3 Å². The highest BCUT2D eigenvalue weighted by atomic mass is 14.5. The van der Waals surface area contributed by atoms with Gasteiger partial charge in [0.15, 0.2) is 0 Å². The molecule has 0 aromatic rings. The fourth-order valence-corrected chi connectivity index (χ4v) is 0.892. The van der Waals surface area contributed by atoms with Gasteiger partial charge in [-0.2, -0.15) is 0 Å². The van der Waals surface area contributed by atoms with E-state index < -0.39 is 0 Å². The lowest BCUT2D eigenvalue weighted by Gasteiger charge is -1.99. The molecule has 0 spiro atoms. The predicted molar refractivity (Wildman–Crippen MR) is 48.9 cm³/mol. The van der Waals surface area contributed by atoms with Gasteiger partial charge in [-0.3, -0.25) is 0 Å². The van der Waals surface area contributed by atoms with Gasteiger partial charge < -0.3 is 5.73 Å². The molecule has 1 heteroatoms. The van der Waals surface area contributed by atoms with Crippen LogP contribution in [-0.4, -0.2) is 0 Å². The summed E-state index contributed by atoms with van der Waals surface area (Å²) in [5.41, 5.74) is 7.63. The normalized spacial score (nSPS) is 21.2. The summed E-state index contributed by atoms with van der Waals surface area (Å²) >= 11 is 0. The standard InChI is InChI=1S/C10H13N/c1-9(11)7-8-10-5-3-2-4-6-10/h2-5,7-8H,6,11H2,1H3/b9-7-,10-8-. The van der Waals surface area contributed by atoms with Crippen molar-refractivity contribution in [1.29, 1.82) is 0 Å². The molecule has 1 aliphatic carbocycles. The van der Waals surface area contributed by atoms with Crippen molar-refractivity contribution in [3.05, 3.63) is 47.7 Å². The van der Waals surface area contributed by atoms with Crippen LogP contribution in [0.3, 0.4) is 0 Å². The second kappa shape index (κ2) is 3.81. The molecule has 2 N–H and O–H groups in total. The minimum atomic E-state index is 0.848. The third kappa shape index (κ3) is 2.89. The topological polar surface area (TPSA) is 26.0 Å². The molecule has 0 aliphatic heterocycles. The molecule has 0 heterocycles. The Morgan fingerprint density at radius 2 is 2.36 bits per heavy atom.